The third-order valence-electron chi connectivity index (χ3n) is 3.56. The van der Waals surface area contributed by atoms with Gasteiger partial charge in [-0.3, -0.25) is 9.59 Å². The molecule has 0 spiro atoms. The minimum atomic E-state index is -0.301. The Morgan fingerprint density at radius 1 is 1.19 bits per heavy atom. The normalized spacial score (nSPS) is 21.8. The summed E-state index contributed by atoms with van der Waals surface area (Å²) in [7, 11) is 0. The molecule has 0 bridgehead atoms. The van der Waals surface area contributed by atoms with E-state index in [1.165, 1.54) is 12.2 Å². The number of allylic oxidation sites excluding steroid dienone is 7. The van der Waals surface area contributed by atoms with Gasteiger partial charge in [-0.2, -0.15) is 0 Å². The number of carbonyl (C=O) groups excluding carboxylic acids is 2. The molecule has 1 atom stereocenters. The van der Waals surface area contributed by atoms with Gasteiger partial charge in [-0.25, -0.2) is 0 Å². The monoisotopic (exact) mass is 306 g/mol. The zero-order valence-electron chi connectivity index (χ0n) is 12.1. The molecular formula is C17H19ClO3. The second-order valence-corrected chi connectivity index (χ2v) is 5.53. The fourth-order valence-corrected chi connectivity index (χ4v) is 2.66. The van der Waals surface area contributed by atoms with E-state index in [0.29, 0.717) is 18.6 Å². The van der Waals surface area contributed by atoms with Gasteiger partial charge < -0.3 is 4.74 Å². The predicted molar refractivity (Wildman–Crippen MR) is 82.8 cm³/mol. The second kappa shape index (κ2) is 7.41. The molecule has 3 nitrogen and oxygen atoms in total. The molecule has 112 valence electrons. The fraction of sp³-hybridized carbons (Fsp3) is 0.412. The molecule has 2 aliphatic carbocycles. The Balaban J connectivity index is 1.96. The summed E-state index contributed by atoms with van der Waals surface area (Å²) >= 11 is 5.99. The van der Waals surface area contributed by atoms with Gasteiger partial charge in [0.2, 0.25) is 0 Å². The summed E-state index contributed by atoms with van der Waals surface area (Å²) in [5.41, 5.74) is 0.390. The van der Waals surface area contributed by atoms with Gasteiger partial charge in [-0.15, -0.1) is 0 Å². The van der Waals surface area contributed by atoms with Crippen LogP contribution in [0.2, 0.25) is 0 Å². The smallest absolute Gasteiger partial charge is 0.197 e. The lowest BCUT2D eigenvalue weighted by Crippen LogP contribution is -2.18. The molecule has 2 aliphatic rings. The summed E-state index contributed by atoms with van der Waals surface area (Å²) in [5, 5.41) is 0.0397. The number of unbranched alkanes of at least 4 members (excludes halogenated alkanes) is 2. The zero-order valence-corrected chi connectivity index (χ0v) is 12.9. The van der Waals surface area contributed by atoms with E-state index < -0.39 is 0 Å². The lowest BCUT2D eigenvalue weighted by Gasteiger charge is -2.20. The summed E-state index contributed by atoms with van der Waals surface area (Å²) in [6, 6.07) is 0. The van der Waals surface area contributed by atoms with E-state index in [1.807, 2.05) is 18.2 Å². The van der Waals surface area contributed by atoms with E-state index in [1.54, 1.807) is 0 Å². The minimum absolute atomic E-state index is 0.0397. The maximum Gasteiger partial charge on any atom is 0.197 e. The predicted octanol–water partition coefficient (Wildman–Crippen LogP) is 3.85. The van der Waals surface area contributed by atoms with Crippen molar-refractivity contribution in [1.82, 2.24) is 0 Å². The Morgan fingerprint density at radius 2 is 1.95 bits per heavy atom. The van der Waals surface area contributed by atoms with E-state index >= 15 is 0 Å². The largest absolute Gasteiger partial charge is 0.494 e. The number of hydrogen-bond acceptors (Lipinski definition) is 3. The van der Waals surface area contributed by atoms with Crippen molar-refractivity contribution in [3.05, 3.63) is 46.7 Å². The van der Waals surface area contributed by atoms with E-state index in [2.05, 4.69) is 6.92 Å². The number of carbonyl (C=O) groups is 2. The van der Waals surface area contributed by atoms with Crippen LogP contribution in [0.1, 0.15) is 32.6 Å². The van der Waals surface area contributed by atoms with Crippen molar-refractivity contribution < 1.29 is 14.3 Å². The average Bonchev–Trinajstić information content (AvgIpc) is 2.49. The highest BCUT2D eigenvalue weighted by molar-refractivity contribution is 6.48. The van der Waals surface area contributed by atoms with Crippen molar-refractivity contribution in [2.45, 2.75) is 32.6 Å². The third kappa shape index (κ3) is 3.94. The molecule has 1 unspecified atom stereocenters. The van der Waals surface area contributed by atoms with Crippen molar-refractivity contribution in [1.29, 1.82) is 0 Å². The molecule has 0 aromatic heterocycles. The van der Waals surface area contributed by atoms with Gasteiger partial charge in [0.05, 0.1) is 11.6 Å². The van der Waals surface area contributed by atoms with Crippen LogP contribution in [0.4, 0.5) is 0 Å². The molecule has 0 aromatic rings. The van der Waals surface area contributed by atoms with Crippen molar-refractivity contribution >= 4 is 23.2 Å². The maximum absolute atomic E-state index is 11.9. The number of ketones is 2. The highest BCUT2D eigenvalue weighted by atomic mass is 35.5. The van der Waals surface area contributed by atoms with Crippen LogP contribution in [0.5, 0.6) is 0 Å². The molecule has 0 aromatic carbocycles. The van der Waals surface area contributed by atoms with Crippen LogP contribution >= 0.6 is 11.6 Å². The fourth-order valence-electron chi connectivity index (χ4n) is 2.36. The highest BCUT2D eigenvalue weighted by Gasteiger charge is 2.27. The third-order valence-corrected chi connectivity index (χ3v) is 3.95. The lowest BCUT2D eigenvalue weighted by molar-refractivity contribution is -0.115. The Bertz CT molecular complexity index is 552. The Labute approximate surface area is 130 Å². The molecule has 0 N–H and O–H groups in total. The molecule has 0 saturated carbocycles. The van der Waals surface area contributed by atoms with Gasteiger partial charge in [0.25, 0.3) is 0 Å². The van der Waals surface area contributed by atoms with Crippen LogP contribution in [0.15, 0.2) is 46.7 Å². The molecule has 21 heavy (non-hydrogen) atoms. The van der Waals surface area contributed by atoms with Crippen LogP contribution in [0.25, 0.3) is 0 Å². The molecule has 0 radical (unpaired) electrons. The Hall–Kier alpha value is -1.61. The summed E-state index contributed by atoms with van der Waals surface area (Å²) in [6.07, 6.45) is 12.2. The standard InChI is InChI=1S/C17H19ClO3/c1-2-3-4-11-21-13-7-5-12(6-8-13)16-14(19)9-10-15(20)17(16)18/h5,7-10,12H,2-4,6,11H2,1H3. The van der Waals surface area contributed by atoms with Crippen molar-refractivity contribution in [3.63, 3.8) is 0 Å². The van der Waals surface area contributed by atoms with Gasteiger partial charge >= 0.3 is 0 Å². The zero-order chi connectivity index (χ0) is 15.2. The van der Waals surface area contributed by atoms with Crippen molar-refractivity contribution in [2.75, 3.05) is 6.61 Å². The van der Waals surface area contributed by atoms with E-state index in [4.69, 9.17) is 16.3 Å². The van der Waals surface area contributed by atoms with E-state index in [0.717, 1.165) is 25.0 Å². The van der Waals surface area contributed by atoms with Crippen molar-refractivity contribution in [3.8, 4) is 0 Å². The first-order valence-corrected chi connectivity index (χ1v) is 7.68. The van der Waals surface area contributed by atoms with Crippen LogP contribution in [0, 0.1) is 5.92 Å². The molecule has 0 saturated heterocycles. The molecule has 0 amide bonds. The maximum atomic E-state index is 11.9. The Kier molecular flexibility index (Phi) is 5.57. The lowest BCUT2D eigenvalue weighted by atomic mass is 9.86. The first-order valence-electron chi connectivity index (χ1n) is 7.31. The number of halogens is 1. The quantitative estimate of drug-likeness (QED) is 0.553. The molecule has 0 aliphatic heterocycles. The topological polar surface area (TPSA) is 43.4 Å². The number of rotatable bonds is 6. The van der Waals surface area contributed by atoms with Crippen LogP contribution in [0.3, 0.4) is 0 Å². The molecule has 4 heteroatoms. The van der Waals surface area contributed by atoms with Crippen molar-refractivity contribution in [2.24, 2.45) is 5.92 Å². The van der Waals surface area contributed by atoms with Gasteiger partial charge in [0, 0.05) is 11.5 Å². The number of hydrogen-bond donors (Lipinski definition) is 0. The molecule has 0 heterocycles. The van der Waals surface area contributed by atoms with E-state index in [9.17, 15) is 9.59 Å². The second-order valence-electron chi connectivity index (χ2n) is 5.15. The summed E-state index contributed by atoms with van der Waals surface area (Å²) in [5.74, 6) is 0.186. The van der Waals surface area contributed by atoms with Gasteiger partial charge in [0.15, 0.2) is 11.6 Å². The first kappa shape index (κ1) is 15.8. The summed E-state index contributed by atoms with van der Waals surface area (Å²) < 4.78 is 5.65. The molecular weight excluding hydrogens is 288 g/mol. The van der Waals surface area contributed by atoms with Crippen LogP contribution < -0.4 is 0 Å². The highest BCUT2D eigenvalue weighted by Crippen LogP contribution is 2.31. The Morgan fingerprint density at radius 3 is 2.62 bits per heavy atom. The SMILES string of the molecule is CCCCCOC1=CCC(C2=C(Cl)C(=O)C=CC2=O)C=C1. The van der Waals surface area contributed by atoms with Gasteiger partial charge in [0.1, 0.15) is 5.76 Å². The minimum Gasteiger partial charge on any atom is -0.494 e. The van der Waals surface area contributed by atoms with E-state index in [-0.39, 0.29) is 22.5 Å². The average molecular weight is 307 g/mol. The van der Waals surface area contributed by atoms with Gasteiger partial charge in [-0.05, 0) is 37.1 Å². The van der Waals surface area contributed by atoms with Crippen LogP contribution in [-0.2, 0) is 14.3 Å². The number of ether oxygens (including phenoxy) is 1. The van der Waals surface area contributed by atoms with Crippen LogP contribution in [-0.4, -0.2) is 18.2 Å². The summed E-state index contributed by atoms with van der Waals surface area (Å²) in [6.45, 7) is 2.86. The molecule has 2 rings (SSSR count). The summed E-state index contributed by atoms with van der Waals surface area (Å²) in [4.78, 5) is 23.5. The first-order chi connectivity index (χ1) is 10.1. The molecule has 0 fully saturated rings. The van der Waals surface area contributed by atoms with Gasteiger partial charge in [-0.1, -0.05) is 37.4 Å².